The van der Waals surface area contributed by atoms with Crippen LogP contribution in [0.3, 0.4) is 0 Å². The number of aryl methyl sites for hydroxylation is 1. The molecule has 0 amide bonds. The molecule has 0 atom stereocenters. The third-order valence-corrected chi connectivity index (χ3v) is 1.99. The van der Waals surface area contributed by atoms with Crippen molar-refractivity contribution in [1.82, 2.24) is 9.55 Å². The van der Waals surface area contributed by atoms with Crippen molar-refractivity contribution in [3.8, 4) is 12.3 Å². The number of fused-ring (bicyclic) bond motifs is 1. The zero-order valence-corrected chi connectivity index (χ0v) is 7.08. The van der Waals surface area contributed by atoms with Crippen LogP contribution in [0, 0.1) is 18.2 Å². The highest BCUT2D eigenvalue weighted by atomic mass is 19.1. The van der Waals surface area contributed by atoms with Crippen molar-refractivity contribution in [3.05, 3.63) is 29.8 Å². The number of hydrogen-bond donors (Lipinski definition) is 0. The lowest BCUT2D eigenvalue weighted by Gasteiger charge is -1.94. The number of para-hydroxylation sites is 1. The summed E-state index contributed by atoms with van der Waals surface area (Å²) in [5.74, 6) is 2.50. The molecule has 0 unspecified atom stereocenters. The average molecular weight is 174 g/mol. The molecule has 2 rings (SSSR count). The Balaban J connectivity index is 2.94. The minimum absolute atomic E-state index is 0.331. The van der Waals surface area contributed by atoms with Gasteiger partial charge in [-0.1, -0.05) is 6.07 Å². The second-order valence-corrected chi connectivity index (χ2v) is 2.75. The lowest BCUT2D eigenvalue weighted by Crippen LogP contribution is -1.91. The van der Waals surface area contributed by atoms with E-state index < -0.39 is 0 Å². The van der Waals surface area contributed by atoms with Crippen molar-refractivity contribution in [3.63, 3.8) is 0 Å². The van der Waals surface area contributed by atoms with Crippen LogP contribution in [0.25, 0.3) is 11.0 Å². The molecule has 3 heteroatoms. The van der Waals surface area contributed by atoms with Crippen LogP contribution in [0.5, 0.6) is 0 Å². The second kappa shape index (κ2) is 2.60. The van der Waals surface area contributed by atoms with Crippen LogP contribution in [0.1, 0.15) is 5.82 Å². The third kappa shape index (κ3) is 0.994. The van der Waals surface area contributed by atoms with Crippen molar-refractivity contribution < 1.29 is 4.39 Å². The maximum atomic E-state index is 13.2. The first-order valence-electron chi connectivity index (χ1n) is 3.81. The third-order valence-electron chi connectivity index (χ3n) is 1.99. The van der Waals surface area contributed by atoms with E-state index in [9.17, 15) is 4.39 Å². The van der Waals surface area contributed by atoms with Gasteiger partial charge in [-0.3, -0.25) is 0 Å². The number of rotatable bonds is 0. The fourth-order valence-corrected chi connectivity index (χ4v) is 1.31. The molecule has 0 aliphatic carbocycles. The molecular weight excluding hydrogens is 167 g/mol. The molecule has 0 bridgehead atoms. The number of benzene rings is 1. The van der Waals surface area contributed by atoms with Crippen LogP contribution in [0.4, 0.5) is 4.39 Å². The van der Waals surface area contributed by atoms with Gasteiger partial charge in [0.15, 0.2) is 11.6 Å². The Morgan fingerprint density at radius 2 is 2.31 bits per heavy atom. The molecule has 13 heavy (non-hydrogen) atoms. The summed E-state index contributed by atoms with van der Waals surface area (Å²) in [7, 11) is 1.77. The summed E-state index contributed by atoms with van der Waals surface area (Å²) in [4.78, 5) is 3.98. The summed E-state index contributed by atoms with van der Waals surface area (Å²) in [5.41, 5.74) is 1.05. The Morgan fingerprint density at radius 3 is 2.92 bits per heavy atom. The first-order valence-corrected chi connectivity index (χ1v) is 3.81. The van der Waals surface area contributed by atoms with Gasteiger partial charge in [0.05, 0.1) is 5.52 Å². The van der Waals surface area contributed by atoms with E-state index in [-0.39, 0.29) is 5.82 Å². The summed E-state index contributed by atoms with van der Waals surface area (Å²) in [6.45, 7) is 0. The molecule has 0 spiro atoms. The number of hydrogen-bond acceptors (Lipinski definition) is 1. The van der Waals surface area contributed by atoms with E-state index >= 15 is 0 Å². The van der Waals surface area contributed by atoms with E-state index in [4.69, 9.17) is 6.42 Å². The SMILES string of the molecule is C#Cc1nc2c(F)cccc2n1C. The molecule has 0 N–H and O–H groups in total. The maximum Gasteiger partial charge on any atom is 0.185 e. The molecule has 2 nitrogen and oxygen atoms in total. The zero-order valence-electron chi connectivity index (χ0n) is 7.08. The summed E-state index contributed by atoms with van der Waals surface area (Å²) in [5, 5.41) is 0. The summed E-state index contributed by atoms with van der Waals surface area (Å²) in [6, 6.07) is 4.79. The molecule has 0 aliphatic heterocycles. The van der Waals surface area contributed by atoms with Gasteiger partial charge in [-0.25, -0.2) is 9.37 Å². The molecule has 0 aliphatic rings. The first kappa shape index (κ1) is 7.81. The summed E-state index contributed by atoms with van der Waals surface area (Å²) in [6.07, 6.45) is 5.21. The Kier molecular flexibility index (Phi) is 1.56. The number of terminal acetylenes is 1. The normalized spacial score (nSPS) is 10.2. The predicted molar refractivity (Wildman–Crippen MR) is 48.6 cm³/mol. The molecule has 2 aromatic rings. The van der Waals surface area contributed by atoms with Gasteiger partial charge < -0.3 is 4.57 Å². The standard InChI is InChI=1S/C10H7FN2/c1-3-9-12-10-7(11)5-4-6-8(10)13(9)2/h1,4-6H,2H3. The van der Waals surface area contributed by atoms with Gasteiger partial charge in [-0.05, 0) is 18.1 Å². The Labute approximate surface area is 75.0 Å². The van der Waals surface area contributed by atoms with Crippen molar-refractivity contribution in [1.29, 1.82) is 0 Å². The highest BCUT2D eigenvalue weighted by Crippen LogP contribution is 2.16. The highest BCUT2D eigenvalue weighted by Gasteiger charge is 2.08. The molecule has 0 fully saturated rings. The van der Waals surface area contributed by atoms with Crippen LogP contribution >= 0.6 is 0 Å². The Bertz CT molecular complexity index is 505. The Hall–Kier alpha value is -1.82. The van der Waals surface area contributed by atoms with Gasteiger partial charge in [-0.15, -0.1) is 6.42 Å². The van der Waals surface area contributed by atoms with Crippen LogP contribution < -0.4 is 0 Å². The van der Waals surface area contributed by atoms with Crippen LogP contribution in [-0.2, 0) is 7.05 Å². The largest absolute Gasteiger partial charge is 0.320 e. The number of halogens is 1. The molecule has 1 aromatic heterocycles. The molecule has 1 heterocycles. The fourth-order valence-electron chi connectivity index (χ4n) is 1.31. The van der Waals surface area contributed by atoms with Crippen molar-refractivity contribution in [2.75, 3.05) is 0 Å². The van der Waals surface area contributed by atoms with Gasteiger partial charge in [0.25, 0.3) is 0 Å². The number of imidazole rings is 1. The Morgan fingerprint density at radius 1 is 1.54 bits per heavy atom. The van der Waals surface area contributed by atoms with Gasteiger partial charge in [0.1, 0.15) is 5.52 Å². The van der Waals surface area contributed by atoms with E-state index in [1.165, 1.54) is 6.07 Å². The predicted octanol–water partition coefficient (Wildman–Crippen LogP) is 1.69. The van der Waals surface area contributed by atoms with Gasteiger partial charge in [0.2, 0.25) is 0 Å². The molecule has 64 valence electrons. The van der Waals surface area contributed by atoms with E-state index in [0.29, 0.717) is 16.9 Å². The van der Waals surface area contributed by atoms with Gasteiger partial charge in [0, 0.05) is 7.05 Å². The average Bonchev–Trinajstić information content (AvgIpc) is 2.45. The van der Waals surface area contributed by atoms with E-state index in [0.717, 1.165) is 0 Å². The van der Waals surface area contributed by atoms with Gasteiger partial charge >= 0.3 is 0 Å². The van der Waals surface area contributed by atoms with Crippen LogP contribution in [-0.4, -0.2) is 9.55 Å². The summed E-state index contributed by atoms with van der Waals surface area (Å²) >= 11 is 0. The molecule has 0 saturated carbocycles. The van der Waals surface area contributed by atoms with E-state index in [2.05, 4.69) is 10.9 Å². The minimum atomic E-state index is -0.338. The fraction of sp³-hybridized carbons (Fsp3) is 0.100. The monoisotopic (exact) mass is 174 g/mol. The molecular formula is C10H7FN2. The molecule has 0 saturated heterocycles. The van der Waals surface area contributed by atoms with Crippen molar-refractivity contribution >= 4 is 11.0 Å². The van der Waals surface area contributed by atoms with Crippen molar-refractivity contribution in [2.24, 2.45) is 7.05 Å². The quantitative estimate of drug-likeness (QED) is 0.556. The number of aromatic nitrogens is 2. The second-order valence-electron chi connectivity index (χ2n) is 2.75. The minimum Gasteiger partial charge on any atom is -0.320 e. The van der Waals surface area contributed by atoms with Crippen molar-refractivity contribution in [2.45, 2.75) is 0 Å². The summed E-state index contributed by atoms with van der Waals surface area (Å²) < 4.78 is 14.9. The maximum absolute atomic E-state index is 13.2. The smallest absolute Gasteiger partial charge is 0.185 e. The van der Waals surface area contributed by atoms with E-state index in [1.54, 1.807) is 23.7 Å². The van der Waals surface area contributed by atoms with Crippen LogP contribution in [0.15, 0.2) is 18.2 Å². The zero-order chi connectivity index (χ0) is 9.42. The lowest BCUT2D eigenvalue weighted by molar-refractivity contribution is 0.637. The highest BCUT2D eigenvalue weighted by molar-refractivity contribution is 5.77. The lowest BCUT2D eigenvalue weighted by atomic mass is 10.3. The van der Waals surface area contributed by atoms with Crippen LogP contribution in [0.2, 0.25) is 0 Å². The number of nitrogens with zero attached hydrogens (tertiary/aromatic N) is 2. The molecule has 1 aromatic carbocycles. The van der Waals surface area contributed by atoms with E-state index in [1.807, 2.05) is 0 Å². The van der Waals surface area contributed by atoms with Gasteiger partial charge in [-0.2, -0.15) is 0 Å². The topological polar surface area (TPSA) is 17.8 Å². The molecule has 0 radical (unpaired) electrons. The first-order chi connectivity index (χ1) is 6.24.